The first-order valence-electron chi connectivity index (χ1n) is 29.7. The number of nitrogens with zero attached hydrogens (tertiary/aromatic N) is 1. The Morgan fingerprint density at radius 1 is 0.500 bits per heavy atom. The van der Waals surface area contributed by atoms with E-state index in [4.69, 9.17) is 9.05 Å². The molecule has 0 aromatic carbocycles. The number of phosphoric acid groups is 1. The normalized spacial score (nSPS) is 14.0. The van der Waals surface area contributed by atoms with Crippen LogP contribution >= 0.6 is 7.82 Å². The number of phosphoric ester groups is 1. The molecule has 3 unspecified atom stereocenters. The van der Waals surface area contributed by atoms with Crippen LogP contribution in [0.15, 0.2) is 24.3 Å². The summed E-state index contributed by atoms with van der Waals surface area (Å²) in [6.07, 6.45) is 64.5. The molecule has 2 N–H and O–H groups in total. The third kappa shape index (κ3) is 52.8. The van der Waals surface area contributed by atoms with Gasteiger partial charge in [-0.15, -0.1) is 0 Å². The van der Waals surface area contributed by atoms with E-state index in [9.17, 15) is 19.4 Å². The Bertz CT molecular complexity index is 1160. The summed E-state index contributed by atoms with van der Waals surface area (Å²) in [5.41, 5.74) is 0. The van der Waals surface area contributed by atoms with Crippen molar-refractivity contribution in [1.29, 1.82) is 0 Å². The van der Waals surface area contributed by atoms with E-state index in [1.54, 1.807) is 6.08 Å². The maximum atomic E-state index is 12.9. The first-order valence-corrected chi connectivity index (χ1v) is 31.2. The van der Waals surface area contributed by atoms with E-state index in [0.717, 1.165) is 38.5 Å². The lowest BCUT2D eigenvalue weighted by molar-refractivity contribution is -0.870. The van der Waals surface area contributed by atoms with Crippen LogP contribution < -0.4 is 10.2 Å². The van der Waals surface area contributed by atoms with Crippen LogP contribution in [-0.2, 0) is 18.4 Å². The van der Waals surface area contributed by atoms with E-state index in [2.05, 4.69) is 31.3 Å². The highest BCUT2D eigenvalue weighted by molar-refractivity contribution is 7.45. The monoisotopic (exact) mass is 981 g/mol. The van der Waals surface area contributed by atoms with Crippen LogP contribution in [0.4, 0.5) is 0 Å². The third-order valence-corrected chi connectivity index (χ3v) is 14.6. The summed E-state index contributed by atoms with van der Waals surface area (Å²) < 4.78 is 23.2. The minimum Gasteiger partial charge on any atom is -0.756 e. The molecule has 3 atom stereocenters. The molecule has 0 saturated carbocycles. The first kappa shape index (κ1) is 67.0. The van der Waals surface area contributed by atoms with Gasteiger partial charge in [0, 0.05) is 6.42 Å². The molecule has 0 aliphatic heterocycles. The van der Waals surface area contributed by atoms with Gasteiger partial charge in [-0.25, -0.2) is 0 Å². The second-order valence-electron chi connectivity index (χ2n) is 21.7. The average molecular weight is 982 g/mol. The lowest BCUT2D eigenvalue weighted by atomic mass is 10.0. The molecule has 0 aromatic rings. The van der Waals surface area contributed by atoms with Gasteiger partial charge in [-0.1, -0.05) is 269 Å². The molecule has 8 nitrogen and oxygen atoms in total. The smallest absolute Gasteiger partial charge is 0.268 e. The molecule has 0 aromatic heterocycles. The maximum Gasteiger partial charge on any atom is 0.268 e. The number of rotatable bonds is 55. The van der Waals surface area contributed by atoms with Gasteiger partial charge in [-0.05, 0) is 44.9 Å². The summed E-state index contributed by atoms with van der Waals surface area (Å²) >= 11 is 0. The molecule has 0 fully saturated rings. The van der Waals surface area contributed by atoms with Gasteiger partial charge in [0.15, 0.2) is 0 Å². The summed E-state index contributed by atoms with van der Waals surface area (Å²) in [6, 6.07) is -0.881. The number of aliphatic hydroxyl groups excluding tert-OH is 1. The number of allylic oxidation sites excluding steroid dienone is 3. The van der Waals surface area contributed by atoms with E-state index in [0.29, 0.717) is 17.4 Å². The number of hydrogen-bond donors (Lipinski definition) is 2. The highest BCUT2D eigenvalue weighted by Crippen LogP contribution is 2.38. The second-order valence-corrected chi connectivity index (χ2v) is 23.1. The molecule has 0 radical (unpaired) electrons. The van der Waals surface area contributed by atoms with E-state index in [1.165, 1.54) is 238 Å². The Morgan fingerprint density at radius 3 is 1.15 bits per heavy atom. The molecule has 9 heteroatoms. The standard InChI is InChI=1S/C59H117N2O6P/c1-6-8-10-12-14-16-17-18-19-20-21-22-23-24-25-26-27-28-29-30-31-32-33-34-35-36-37-38-39-40-41-42-43-45-47-49-51-53-59(63)60-57(56-67-68(64,65)66-55-54-61(3,4)5)58(62)52-50-48-46-44-15-13-11-9-7-2/h20-21,50,52,57-58,62H,6-19,22-49,51,53-56H2,1-5H3,(H-,60,63,64,65)/b21-20-,52-50+. The minimum atomic E-state index is -4.58. The lowest BCUT2D eigenvalue weighted by Gasteiger charge is -2.29. The number of carbonyl (C=O) groups is 1. The van der Waals surface area contributed by atoms with Gasteiger partial charge < -0.3 is 28.8 Å². The summed E-state index contributed by atoms with van der Waals surface area (Å²) in [6.45, 7) is 4.64. The van der Waals surface area contributed by atoms with Gasteiger partial charge in [0.2, 0.25) is 5.91 Å². The molecule has 0 bridgehead atoms. The van der Waals surface area contributed by atoms with Crippen molar-refractivity contribution in [1.82, 2.24) is 5.32 Å². The van der Waals surface area contributed by atoms with Crippen molar-refractivity contribution in [3.05, 3.63) is 24.3 Å². The number of aliphatic hydroxyl groups is 1. The largest absolute Gasteiger partial charge is 0.756 e. The topological polar surface area (TPSA) is 108 Å². The molecule has 404 valence electrons. The molecular formula is C59H117N2O6P. The molecule has 0 rings (SSSR count). The molecular weight excluding hydrogens is 864 g/mol. The second kappa shape index (κ2) is 50.9. The van der Waals surface area contributed by atoms with Gasteiger partial charge >= 0.3 is 0 Å². The van der Waals surface area contributed by atoms with E-state index >= 15 is 0 Å². The van der Waals surface area contributed by atoms with Crippen molar-refractivity contribution in [3.63, 3.8) is 0 Å². The number of amides is 1. The molecule has 0 saturated heterocycles. The summed E-state index contributed by atoms with van der Waals surface area (Å²) in [5.74, 6) is -0.195. The van der Waals surface area contributed by atoms with Crippen LogP contribution in [0.2, 0.25) is 0 Å². The molecule has 0 spiro atoms. The van der Waals surface area contributed by atoms with Crippen molar-refractivity contribution in [2.75, 3.05) is 40.9 Å². The Hall–Kier alpha value is -1.02. The Labute approximate surface area is 424 Å². The van der Waals surface area contributed by atoms with Gasteiger partial charge in [0.05, 0.1) is 39.9 Å². The number of nitrogens with one attached hydrogen (secondary N) is 1. The van der Waals surface area contributed by atoms with Crippen molar-refractivity contribution in [3.8, 4) is 0 Å². The van der Waals surface area contributed by atoms with Crippen LogP contribution in [0.1, 0.15) is 296 Å². The van der Waals surface area contributed by atoms with Crippen molar-refractivity contribution in [2.24, 2.45) is 0 Å². The number of carbonyl (C=O) groups excluding carboxylic acids is 1. The molecule has 0 aliphatic carbocycles. The van der Waals surface area contributed by atoms with Gasteiger partial charge in [0.25, 0.3) is 7.82 Å². The third-order valence-electron chi connectivity index (χ3n) is 13.7. The van der Waals surface area contributed by atoms with Gasteiger partial charge in [-0.3, -0.25) is 9.36 Å². The van der Waals surface area contributed by atoms with Gasteiger partial charge in [0.1, 0.15) is 13.2 Å². The fraction of sp³-hybridized carbons (Fsp3) is 0.915. The fourth-order valence-electron chi connectivity index (χ4n) is 8.97. The Morgan fingerprint density at radius 2 is 0.809 bits per heavy atom. The Balaban J connectivity index is 3.80. The van der Waals surface area contributed by atoms with Crippen LogP contribution in [0.5, 0.6) is 0 Å². The molecule has 1 amide bonds. The SMILES string of the molecule is CCCCCCCCC/C=C/C(O)C(COP(=O)([O-])OCC[N+](C)(C)C)NC(=O)CCCCCCCCCCCCCCCCCCCCCCCCCCC/C=C\CCCCCCCCCC. The number of likely N-dealkylation sites (N-methyl/N-ethyl adjacent to an activating group) is 1. The lowest BCUT2D eigenvalue weighted by Crippen LogP contribution is -2.45. The van der Waals surface area contributed by atoms with E-state index in [-0.39, 0.29) is 19.1 Å². The zero-order valence-electron chi connectivity index (χ0n) is 46.1. The Kier molecular flexibility index (Phi) is 50.1. The molecule has 0 heterocycles. The van der Waals surface area contributed by atoms with Crippen LogP contribution in [0.25, 0.3) is 0 Å². The van der Waals surface area contributed by atoms with Crippen LogP contribution in [-0.4, -0.2) is 68.5 Å². The summed E-state index contributed by atoms with van der Waals surface area (Å²) in [4.78, 5) is 25.3. The number of hydrogen-bond acceptors (Lipinski definition) is 6. The molecule has 0 aliphatic rings. The molecule has 68 heavy (non-hydrogen) atoms. The first-order chi connectivity index (χ1) is 33.0. The van der Waals surface area contributed by atoms with Gasteiger partial charge in [-0.2, -0.15) is 0 Å². The average Bonchev–Trinajstić information content (AvgIpc) is 3.30. The highest BCUT2D eigenvalue weighted by atomic mass is 31.2. The maximum absolute atomic E-state index is 12.9. The minimum absolute atomic E-state index is 0.00121. The predicted octanol–water partition coefficient (Wildman–Crippen LogP) is 17.4. The summed E-state index contributed by atoms with van der Waals surface area (Å²) in [7, 11) is 1.27. The number of quaternary nitrogens is 1. The summed E-state index contributed by atoms with van der Waals surface area (Å²) in [5, 5.41) is 13.8. The fourth-order valence-corrected chi connectivity index (χ4v) is 9.70. The predicted molar refractivity (Wildman–Crippen MR) is 293 cm³/mol. The van der Waals surface area contributed by atoms with E-state index in [1.807, 2.05) is 27.2 Å². The highest BCUT2D eigenvalue weighted by Gasteiger charge is 2.23. The van der Waals surface area contributed by atoms with E-state index < -0.39 is 20.0 Å². The zero-order chi connectivity index (χ0) is 49.9. The van der Waals surface area contributed by atoms with Crippen LogP contribution in [0, 0.1) is 0 Å². The zero-order valence-corrected chi connectivity index (χ0v) is 47.0. The van der Waals surface area contributed by atoms with Crippen LogP contribution in [0.3, 0.4) is 0 Å². The van der Waals surface area contributed by atoms with Crippen molar-refractivity contribution in [2.45, 2.75) is 309 Å². The number of unbranched alkanes of at least 4 members (excludes halogenated alkanes) is 40. The van der Waals surface area contributed by atoms with Crippen molar-refractivity contribution >= 4 is 13.7 Å². The van der Waals surface area contributed by atoms with Crippen molar-refractivity contribution < 1.29 is 32.9 Å². The quantitative estimate of drug-likeness (QED) is 0.0272.